The van der Waals surface area contributed by atoms with Crippen molar-refractivity contribution in [1.29, 1.82) is 0 Å². The second-order valence-corrected chi connectivity index (χ2v) is 27.3. The Bertz CT molecular complexity index is 812. The molecule has 0 aromatic rings. The molecule has 0 radical (unpaired) electrons. The number of esters is 2. The highest BCUT2D eigenvalue weighted by Gasteiger charge is 2.56. The molecule has 0 aromatic heterocycles. The molecule has 0 spiro atoms. The highest BCUT2D eigenvalue weighted by molar-refractivity contribution is 6.74. The molecule has 8 nitrogen and oxygen atoms in total. The summed E-state index contributed by atoms with van der Waals surface area (Å²) in [7, 11) is -6.68. The maximum absolute atomic E-state index is 13.7. The maximum Gasteiger partial charge on any atom is 0.338 e. The van der Waals surface area contributed by atoms with Crippen molar-refractivity contribution in [3.63, 3.8) is 0 Å². The van der Waals surface area contributed by atoms with E-state index in [4.69, 9.17) is 27.5 Å². The normalized spacial score (nSPS) is 23.7. The van der Waals surface area contributed by atoms with Crippen molar-refractivity contribution in [1.82, 2.24) is 0 Å². The summed E-state index contributed by atoms with van der Waals surface area (Å²) in [5, 5.41) is 0. The van der Waals surface area contributed by atoms with Gasteiger partial charge in [0.05, 0.1) is 12.0 Å². The van der Waals surface area contributed by atoms with Gasteiger partial charge in [0.15, 0.2) is 31.1 Å². The third-order valence-electron chi connectivity index (χ3n) is 10.1. The minimum absolute atomic E-state index is 0.0261. The van der Waals surface area contributed by atoms with E-state index < -0.39 is 66.9 Å². The summed E-state index contributed by atoms with van der Waals surface area (Å²) in [6.07, 6.45) is -3.44. The van der Waals surface area contributed by atoms with Gasteiger partial charge in [-0.25, -0.2) is 4.79 Å². The van der Waals surface area contributed by atoms with Crippen LogP contribution in [-0.2, 0) is 37.1 Å². The molecule has 1 saturated heterocycles. The first-order chi connectivity index (χ1) is 20.2. The second kappa shape index (κ2) is 17.9. The number of carbonyl (C=O) groups excluding carboxylic acids is 2. The van der Waals surface area contributed by atoms with Crippen molar-refractivity contribution >= 4 is 36.9 Å². The first kappa shape index (κ1) is 40.5. The van der Waals surface area contributed by atoms with Crippen molar-refractivity contribution in [2.24, 2.45) is 5.41 Å². The molecule has 1 fully saturated rings. The number of hydrogen-bond acceptors (Lipinski definition) is 8. The lowest BCUT2D eigenvalue weighted by Gasteiger charge is -2.52. The largest absolute Gasteiger partial charge is 0.464 e. The summed E-state index contributed by atoms with van der Waals surface area (Å²) in [6, 6.07) is 8.44. The first-order valence-electron chi connectivity index (χ1n) is 17.2. The van der Waals surface area contributed by atoms with E-state index in [0.29, 0.717) is 0 Å². The number of carbonyl (C=O) groups is 2. The molecule has 0 saturated carbocycles. The molecule has 5 atom stereocenters. The predicted molar refractivity (Wildman–Crippen MR) is 182 cm³/mol. The van der Waals surface area contributed by atoms with Gasteiger partial charge >= 0.3 is 11.9 Å². The minimum atomic E-state index is -2.24. The molecule has 1 heterocycles. The first-order valence-corrected chi connectivity index (χ1v) is 24.8. The molecular weight excluding hydrogens is 597 g/mol. The molecule has 1 aliphatic rings. The van der Waals surface area contributed by atoms with Gasteiger partial charge in [0, 0.05) is 0 Å². The quantitative estimate of drug-likeness (QED) is 0.101. The summed E-state index contributed by atoms with van der Waals surface area (Å²) in [4.78, 5) is 26.6. The lowest BCUT2D eigenvalue weighted by Crippen LogP contribution is -2.68. The zero-order chi connectivity index (χ0) is 33.1. The van der Waals surface area contributed by atoms with E-state index in [2.05, 4.69) is 62.3 Å². The highest BCUT2D eigenvalue weighted by Crippen LogP contribution is 2.39. The fourth-order valence-electron chi connectivity index (χ4n) is 6.11. The average Bonchev–Trinajstić information content (AvgIpc) is 3.01. The molecule has 43 heavy (non-hydrogen) atoms. The van der Waals surface area contributed by atoms with E-state index in [1.54, 1.807) is 6.92 Å². The zero-order valence-corrected chi connectivity index (χ0v) is 32.9. The molecule has 0 bridgehead atoms. The van der Waals surface area contributed by atoms with Crippen LogP contribution in [0.2, 0.25) is 54.4 Å². The third kappa shape index (κ3) is 10.2. The summed E-state index contributed by atoms with van der Waals surface area (Å²) in [5.74, 6) is -0.781. The number of ether oxygens (including phenoxy) is 3. The Labute approximate surface area is 267 Å². The van der Waals surface area contributed by atoms with E-state index in [1.807, 2.05) is 20.8 Å². The molecular formula is C32H66O8Si3. The Morgan fingerprint density at radius 2 is 0.953 bits per heavy atom. The van der Waals surface area contributed by atoms with Gasteiger partial charge in [-0.2, -0.15) is 0 Å². The summed E-state index contributed by atoms with van der Waals surface area (Å²) in [5.41, 5.74) is -0.675. The van der Waals surface area contributed by atoms with Crippen molar-refractivity contribution < 1.29 is 37.1 Å². The highest BCUT2D eigenvalue weighted by atomic mass is 28.4. The molecule has 0 aromatic carbocycles. The molecule has 0 aliphatic carbocycles. The van der Waals surface area contributed by atoms with E-state index in [9.17, 15) is 9.59 Å². The Hall–Kier alpha value is -0.569. The van der Waals surface area contributed by atoms with Crippen LogP contribution in [0.5, 0.6) is 0 Å². The molecule has 11 heteroatoms. The summed E-state index contributed by atoms with van der Waals surface area (Å²) < 4.78 is 40.0. The van der Waals surface area contributed by atoms with Crippen LogP contribution in [0.1, 0.15) is 90.0 Å². The summed E-state index contributed by atoms with van der Waals surface area (Å²) >= 11 is 0. The van der Waals surface area contributed by atoms with Crippen LogP contribution in [0.15, 0.2) is 0 Å². The van der Waals surface area contributed by atoms with Crippen molar-refractivity contribution in [3.8, 4) is 0 Å². The fraction of sp³-hybridized carbons (Fsp3) is 0.938. The van der Waals surface area contributed by atoms with Gasteiger partial charge in [0.25, 0.3) is 0 Å². The minimum Gasteiger partial charge on any atom is -0.464 e. The van der Waals surface area contributed by atoms with Crippen LogP contribution < -0.4 is 0 Å². The third-order valence-corrected chi connectivity index (χ3v) is 24.0. The van der Waals surface area contributed by atoms with Crippen LogP contribution in [0, 0.1) is 5.41 Å². The van der Waals surface area contributed by atoms with Gasteiger partial charge in [0.1, 0.15) is 31.0 Å². The van der Waals surface area contributed by atoms with E-state index in [1.165, 1.54) is 0 Å². The summed E-state index contributed by atoms with van der Waals surface area (Å²) in [6.45, 7) is 27.3. The van der Waals surface area contributed by atoms with Crippen LogP contribution in [-0.4, -0.2) is 80.6 Å². The van der Waals surface area contributed by atoms with E-state index >= 15 is 0 Å². The van der Waals surface area contributed by atoms with Gasteiger partial charge in [0.2, 0.25) is 0 Å². The lowest BCUT2D eigenvalue weighted by atomic mass is 9.94. The molecule has 0 unspecified atom stereocenters. The molecule has 1 aliphatic heterocycles. The molecule has 0 amide bonds. The van der Waals surface area contributed by atoms with Crippen LogP contribution in [0.3, 0.4) is 0 Å². The van der Waals surface area contributed by atoms with Gasteiger partial charge in [-0.15, -0.1) is 0 Å². The van der Waals surface area contributed by atoms with Gasteiger partial charge < -0.3 is 27.5 Å². The SMILES string of the molecule is CCOC(=O)[C@@H]1O[C@H](COC(=O)C(C)(C)C)[C@@H](O[Si](CC)(CC)CC)[C@H](O[Si](CC)(CC)CC)[C@H]1O[Si](CC)(CC)CC. The fourth-order valence-corrected chi connectivity index (χ4v) is 14.7. The lowest BCUT2D eigenvalue weighted by molar-refractivity contribution is -0.229. The predicted octanol–water partition coefficient (Wildman–Crippen LogP) is 8.08. The topological polar surface area (TPSA) is 89.5 Å². The Kier molecular flexibility index (Phi) is 16.9. The maximum atomic E-state index is 13.7. The van der Waals surface area contributed by atoms with Gasteiger partial charge in [-0.05, 0) is 82.1 Å². The van der Waals surface area contributed by atoms with E-state index in [-0.39, 0.29) is 19.2 Å². The van der Waals surface area contributed by atoms with E-state index in [0.717, 1.165) is 54.4 Å². The molecule has 254 valence electrons. The van der Waals surface area contributed by atoms with Crippen LogP contribution in [0.25, 0.3) is 0 Å². The van der Waals surface area contributed by atoms with Crippen molar-refractivity contribution in [2.75, 3.05) is 13.2 Å². The standard InChI is InChI=1S/C32H66O8Si3/c1-14-35-30(33)29-28(40-43(21-8,22-9)23-10)27(39-42(18-5,19-6)20-7)26(38-41(15-2,16-3)17-4)25(37-29)24-36-31(34)32(11,12)13/h25-29H,14-24H2,1-13H3/t25-,26-,27+,28-,29-/m1/s1. The number of rotatable bonds is 19. The van der Waals surface area contributed by atoms with Crippen molar-refractivity contribution in [2.45, 2.75) is 175 Å². The van der Waals surface area contributed by atoms with Crippen molar-refractivity contribution in [3.05, 3.63) is 0 Å². The molecule has 0 N–H and O–H groups in total. The van der Waals surface area contributed by atoms with Crippen LogP contribution in [0.4, 0.5) is 0 Å². The Balaban J connectivity index is 3.97. The van der Waals surface area contributed by atoms with Crippen LogP contribution >= 0.6 is 0 Å². The average molecular weight is 663 g/mol. The molecule has 1 rings (SSSR count). The van der Waals surface area contributed by atoms with Gasteiger partial charge in [-0.3, -0.25) is 4.79 Å². The Morgan fingerprint density at radius 3 is 1.30 bits per heavy atom. The zero-order valence-electron chi connectivity index (χ0n) is 29.9. The second-order valence-electron chi connectivity index (χ2n) is 13.2. The van der Waals surface area contributed by atoms with Gasteiger partial charge in [-0.1, -0.05) is 62.3 Å². The smallest absolute Gasteiger partial charge is 0.338 e. The Morgan fingerprint density at radius 1 is 0.581 bits per heavy atom. The monoisotopic (exact) mass is 662 g/mol. The number of hydrogen-bond donors (Lipinski definition) is 0.